The van der Waals surface area contributed by atoms with Gasteiger partial charge in [-0.15, -0.1) is 24.2 Å². The third-order valence-corrected chi connectivity index (χ3v) is 4.69. The van der Waals surface area contributed by atoms with E-state index in [1.165, 1.54) is 11.0 Å². The van der Waals surface area contributed by atoms with Gasteiger partial charge in [-0.25, -0.2) is 4.99 Å². The molecule has 136 valence electrons. The number of benzene rings is 2. The molecule has 0 saturated carbocycles. The highest BCUT2D eigenvalue weighted by atomic mass is 79.9. The van der Waals surface area contributed by atoms with Crippen molar-refractivity contribution in [3.8, 4) is 0 Å². The van der Waals surface area contributed by atoms with Crippen LogP contribution in [0.25, 0.3) is 0 Å². The van der Waals surface area contributed by atoms with E-state index in [0.29, 0.717) is 11.4 Å². The van der Waals surface area contributed by atoms with E-state index in [4.69, 9.17) is 5.73 Å². The van der Waals surface area contributed by atoms with Crippen molar-refractivity contribution in [2.45, 2.75) is 11.1 Å². The highest BCUT2D eigenvalue weighted by Crippen LogP contribution is 2.32. The largest absolute Gasteiger partial charge is 0.416 e. The smallest absolute Gasteiger partial charge is 0.369 e. The Morgan fingerprint density at radius 2 is 1.88 bits per heavy atom. The molecule has 0 unspecified atom stereocenters. The SMILES string of the molecule is CSc1ccc(Br)c(N=C(N)N(C)c2cccc(C(F)(F)F)c2)c1.Cl. The maximum atomic E-state index is 12.8. The highest BCUT2D eigenvalue weighted by molar-refractivity contribution is 9.10. The molecule has 0 aromatic heterocycles. The zero-order valence-electron chi connectivity index (χ0n) is 13.3. The second kappa shape index (κ2) is 8.82. The van der Waals surface area contributed by atoms with Gasteiger partial charge in [0.25, 0.3) is 0 Å². The number of rotatable bonds is 3. The molecule has 0 saturated heterocycles. The Balaban J connectivity index is 0.00000312. The number of anilines is 1. The lowest BCUT2D eigenvalue weighted by Crippen LogP contribution is -2.33. The first-order chi connectivity index (χ1) is 11.2. The van der Waals surface area contributed by atoms with Crippen molar-refractivity contribution in [2.75, 3.05) is 18.2 Å². The average Bonchev–Trinajstić information content (AvgIpc) is 2.55. The Labute approximate surface area is 163 Å². The lowest BCUT2D eigenvalue weighted by atomic mass is 10.2. The van der Waals surface area contributed by atoms with Crippen molar-refractivity contribution in [3.63, 3.8) is 0 Å². The van der Waals surface area contributed by atoms with Crippen molar-refractivity contribution in [1.82, 2.24) is 0 Å². The van der Waals surface area contributed by atoms with Crippen LogP contribution in [-0.4, -0.2) is 19.3 Å². The molecule has 0 spiro atoms. The number of nitrogens with zero attached hydrogens (tertiary/aromatic N) is 2. The fourth-order valence-electron chi connectivity index (χ4n) is 1.93. The molecule has 0 aliphatic rings. The van der Waals surface area contributed by atoms with Crippen molar-refractivity contribution in [1.29, 1.82) is 0 Å². The van der Waals surface area contributed by atoms with Gasteiger partial charge in [0, 0.05) is 22.1 Å². The monoisotopic (exact) mass is 453 g/mol. The molecule has 2 rings (SSSR count). The second-order valence-corrected chi connectivity index (χ2v) is 6.63. The Morgan fingerprint density at radius 1 is 1.20 bits per heavy atom. The molecule has 9 heteroatoms. The summed E-state index contributed by atoms with van der Waals surface area (Å²) < 4.78 is 39.2. The maximum absolute atomic E-state index is 12.8. The molecule has 0 aliphatic carbocycles. The molecule has 2 N–H and O–H groups in total. The van der Waals surface area contributed by atoms with Gasteiger partial charge < -0.3 is 10.6 Å². The zero-order valence-corrected chi connectivity index (χ0v) is 16.6. The summed E-state index contributed by atoms with van der Waals surface area (Å²) in [6.45, 7) is 0. The summed E-state index contributed by atoms with van der Waals surface area (Å²) >= 11 is 4.95. The van der Waals surface area contributed by atoms with Crippen molar-refractivity contribution >= 4 is 57.4 Å². The van der Waals surface area contributed by atoms with E-state index < -0.39 is 11.7 Å². The van der Waals surface area contributed by atoms with Gasteiger partial charge in [-0.1, -0.05) is 6.07 Å². The third-order valence-electron chi connectivity index (χ3n) is 3.29. The van der Waals surface area contributed by atoms with Crippen LogP contribution >= 0.6 is 40.1 Å². The number of nitrogens with two attached hydrogens (primary N) is 1. The fourth-order valence-corrected chi connectivity index (χ4v) is 2.70. The van der Waals surface area contributed by atoms with E-state index in [2.05, 4.69) is 20.9 Å². The predicted octanol–water partition coefficient (Wildman–Crippen LogP) is 5.69. The maximum Gasteiger partial charge on any atom is 0.416 e. The van der Waals surface area contributed by atoms with Gasteiger partial charge in [0.15, 0.2) is 0 Å². The lowest BCUT2D eigenvalue weighted by Gasteiger charge is -2.19. The Hall–Kier alpha value is -1.38. The standard InChI is InChI=1S/C16H15BrF3N3S.ClH/c1-23(11-5-3-4-10(8-11)16(18,19)20)15(21)22-14-9-12(24-2)6-7-13(14)17;/h3-9H,1-2H3,(H2,21,22);1H. The first-order valence-corrected chi connectivity index (χ1v) is 8.83. The normalized spacial score (nSPS) is 11.8. The van der Waals surface area contributed by atoms with Crippen LogP contribution in [0.4, 0.5) is 24.5 Å². The van der Waals surface area contributed by atoms with Crippen LogP contribution in [0.3, 0.4) is 0 Å². The summed E-state index contributed by atoms with van der Waals surface area (Å²) in [5.74, 6) is 0.0910. The first-order valence-electron chi connectivity index (χ1n) is 6.81. The second-order valence-electron chi connectivity index (χ2n) is 4.89. The molecule has 0 fully saturated rings. The van der Waals surface area contributed by atoms with Crippen molar-refractivity contribution in [2.24, 2.45) is 10.7 Å². The van der Waals surface area contributed by atoms with Crippen LogP contribution in [0.5, 0.6) is 0 Å². The molecule has 25 heavy (non-hydrogen) atoms. The van der Waals surface area contributed by atoms with Gasteiger partial charge in [0.05, 0.1) is 11.3 Å². The summed E-state index contributed by atoms with van der Waals surface area (Å²) in [4.78, 5) is 6.73. The van der Waals surface area contributed by atoms with Crippen LogP contribution in [0.15, 0.2) is 56.8 Å². The summed E-state index contributed by atoms with van der Waals surface area (Å²) in [7, 11) is 1.57. The summed E-state index contributed by atoms with van der Waals surface area (Å²) in [5, 5.41) is 0. The minimum Gasteiger partial charge on any atom is -0.369 e. The van der Waals surface area contributed by atoms with E-state index in [0.717, 1.165) is 21.5 Å². The van der Waals surface area contributed by atoms with Gasteiger partial charge >= 0.3 is 6.18 Å². The van der Waals surface area contributed by atoms with Crippen molar-refractivity contribution in [3.05, 3.63) is 52.5 Å². The van der Waals surface area contributed by atoms with Crippen LogP contribution in [0.2, 0.25) is 0 Å². The molecule has 2 aromatic carbocycles. The number of alkyl halides is 3. The number of aliphatic imine (C=N–C) groups is 1. The third kappa shape index (κ3) is 5.55. The van der Waals surface area contributed by atoms with Crippen LogP contribution in [0.1, 0.15) is 5.56 Å². The quantitative estimate of drug-likeness (QED) is 0.368. The molecule has 0 radical (unpaired) electrons. The van der Waals surface area contributed by atoms with Gasteiger partial charge in [0.1, 0.15) is 0 Å². The number of halogens is 5. The van der Waals surface area contributed by atoms with Crippen LogP contribution < -0.4 is 10.6 Å². The molecule has 2 aromatic rings. The van der Waals surface area contributed by atoms with Gasteiger partial charge in [-0.05, 0) is 58.6 Å². The number of thioether (sulfide) groups is 1. The molecular formula is C16H16BrClF3N3S. The van der Waals surface area contributed by atoms with Gasteiger partial charge in [-0.2, -0.15) is 13.2 Å². The summed E-state index contributed by atoms with van der Waals surface area (Å²) in [6, 6.07) is 10.6. The molecule has 0 heterocycles. The van der Waals surface area contributed by atoms with Crippen molar-refractivity contribution < 1.29 is 13.2 Å². The van der Waals surface area contributed by atoms with E-state index in [1.54, 1.807) is 24.9 Å². The fraction of sp³-hybridized carbons (Fsp3) is 0.188. The molecular weight excluding hydrogens is 439 g/mol. The average molecular weight is 455 g/mol. The van der Waals surface area contributed by atoms with Gasteiger partial charge in [0.2, 0.25) is 5.96 Å². The van der Waals surface area contributed by atoms with E-state index in [1.807, 2.05) is 24.5 Å². The van der Waals surface area contributed by atoms with Gasteiger partial charge in [-0.3, -0.25) is 0 Å². The molecule has 0 atom stereocenters. The topological polar surface area (TPSA) is 41.6 Å². The predicted molar refractivity (Wildman–Crippen MR) is 104 cm³/mol. The zero-order chi connectivity index (χ0) is 17.9. The Morgan fingerprint density at radius 3 is 2.48 bits per heavy atom. The summed E-state index contributed by atoms with van der Waals surface area (Å²) in [5.41, 5.74) is 6.15. The number of guanidine groups is 1. The Bertz CT molecular complexity index is 769. The minimum absolute atomic E-state index is 0. The molecule has 0 bridgehead atoms. The Kier molecular flexibility index (Phi) is 7.64. The summed E-state index contributed by atoms with van der Waals surface area (Å²) in [6.07, 6.45) is -2.46. The lowest BCUT2D eigenvalue weighted by molar-refractivity contribution is -0.137. The van der Waals surface area contributed by atoms with E-state index in [9.17, 15) is 13.2 Å². The highest BCUT2D eigenvalue weighted by Gasteiger charge is 2.30. The first kappa shape index (κ1) is 21.7. The van der Waals surface area contributed by atoms with E-state index in [-0.39, 0.29) is 18.4 Å². The van der Waals surface area contributed by atoms with E-state index >= 15 is 0 Å². The van der Waals surface area contributed by atoms with Crippen LogP contribution in [-0.2, 0) is 6.18 Å². The number of hydrogen-bond donors (Lipinski definition) is 1. The molecule has 0 aliphatic heterocycles. The molecule has 0 amide bonds. The molecule has 3 nitrogen and oxygen atoms in total. The van der Waals surface area contributed by atoms with Crippen LogP contribution in [0, 0.1) is 0 Å². The number of hydrogen-bond acceptors (Lipinski definition) is 2. The minimum atomic E-state index is -4.40.